The number of amides is 1. The maximum absolute atomic E-state index is 11.9. The molecular weight excluding hydrogens is 340 g/mol. The van der Waals surface area contributed by atoms with Crippen LogP contribution in [0.3, 0.4) is 0 Å². The van der Waals surface area contributed by atoms with Crippen molar-refractivity contribution in [2.45, 2.75) is 33.1 Å². The number of nitrogens with one attached hydrogen (secondary N) is 1. The Balaban J connectivity index is 1.86. The number of nitrogens with zero attached hydrogens (tertiary/aromatic N) is 3. The first-order chi connectivity index (χ1) is 13.1. The Labute approximate surface area is 159 Å². The number of rotatable bonds is 7. The summed E-state index contributed by atoms with van der Waals surface area (Å²) in [5, 5.41) is 7.34. The fourth-order valence-corrected chi connectivity index (χ4v) is 2.70. The second-order valence-electron chi connectivity index (χ2n) is 6.40. The van der Waals surface area contributed by atoms with Crippen LogP contribution < -0.4 is 10.1 Å². The average molecular weight is 364 g/mol. The number of unbranched alkanes of at least 4 members (excludes halogenated alkanes) is 1. The quantitative estimate of drug-likeness (QED) is 0.675. The molecule has 0 radical (unpaired) electrons. The lowest BCUT2D eigenvalue weighted by molar-refractivity contribution is -0.116. The second kappa shape index (κ2) is 8.49. The largest absolute Gasteiger partial charge is 0.466 e. The van der Waals surface area contributed by atoms with E-state index >= 15 is 0 Å². The van der Waals surface area contributed by atoms with Crippen LogP contribution in [0.2, 0.25) is 0 Å². The highest BCUT2D eigenvalue weighted by atomic mass is 16.5. The summed E-state index contributed by atoms with van der Waals surface area (Å²) >= 11 is 0. The molecule has 0 aliphatic carbocycles. The highest BCUT2D eigenvalue weighted by Gasteiger charge is 2.14. The van der Waals surface area contributed by atoms with Crippen LogP contribution in [0.1, 0.15) is 31.7 Å². The molecule has 0 aliphatic heterocycles. The van der Waals surface area contributed by atoms with Crippen molar-refractivity contribution in [1.29, 1.82) is 0 Å². The van der Waals surface area contributed by atoms with Crippen LogP contribution >= 0.6 is 0 Å². The Bertz CT molecular complexity index is 899. The van der Waals surface area contributed by atoms with E-state index in [1.807, 2.05) is 55.5 Å². The lowest BCUT2D eigenvalue weighted by Crippen LogP contribution is -2.11. The lowest BCUT2D eigenvalue weighted by Gasteiger charge is -2.08. The van der Waals surface area contributed by atoms with Gasteiger partial charge in [0.2, 0.25) is 5.91 Å². The van der Waals surface area contributed by atoms with E-state index in [0.717, 1.165) is 29.8 Å². The fraction of sp³-hybridized carbons (Fsp3) is 0.286. The number of aromatic nitrogens is 3. The number of benzene rings is 2. The highest BCUT2D eigenvalue weighted by Crippen LogP contribution is 2.24. The number of hydrogen-bond acceptors (Lipinski definition) is 4. The van der Waals surface area contributed by atoms with Gasteiger partial charge in [-0.1, -0.05) is 43.2 Å². The third-order valence-electron chi connectivity index (χ3n) is 4.23. The Morgan fingerprint density at radius 2 is 1.81 bits per heavy atom. The van der Waals surface area contributed by atoms with Crippen LogP contribution in [0.25, 0.3) is 17.1 Å². The molecule has 1 N–H and O–H groups in total. The molecular formula is C21H24N4O2. The summed E-state index contributed by atoms with van der Waals surface area (Å²) in [7, 11) is 1.55. The number of aryl methyl sites for hydroxylation is 1. The van der Waals surface area contributed by atoms with E-state index < -0.39 is 0 Å². The minimum absolute atomic E-state index is 0.0346. The molecule has 2 aromatic carbocycles. The summed E-state index contributed by atoms with van der Waals surface area (Å²) in [6, 6.07) is 15.9. The minimum Gasteiger partial charge on any atom is -0.466 e. The molecule has 1 heterocycles. The van der Waals surface area contributed by atoms with Gasteiger partial charge in [-0.3, -0.25) is 4.79 Å². The van der Waals surface area contributed by atoms with Crippen molar-refractivity contribution in [3.8, 4) is 23.1 Å². The van der Waals surface area contributed by atoms with Crippen LogP contribution in [0.15, 0.2) is 48.5 Å². The first-order valence-corrected chi connectivity index (χ1v) is 9.09. The number of ether oxygens (including phenoxy) is 1. The highest BCUT2D eigenvalue weighted by molar-refractivity contribution is 5.90. The normalized spacial score (nSPS) is 10.6. The third kappa shape index (κ3) is 4.53. The third-order valence-corrected chi connectivity index (χ3v) is 4.23. The predicted octanol–water partition coefficient (Wildman–Crippen LogP) is 4.38. The van der Waals surface area contributed by atoms with Gasteiger partial charge in [0.25, 0.3) is 0 Å². The van der Waals surface area contributed by atoms with Gasteiger partial charge in [0.15, 0.2) is 5.82 Å². The summed E-state index contributed by atoms with van der Waals surface area (Å²) in [5.74, 6) is 0.735. The summed E-state index contributed by atoms with van der Waals surface area (Å²) in [6.45, 7) is 4.11. The Kier molecular flexibility index (Phi) is 5.86. The molecule has 0 aliphatic rings. The molecule has 3 aromatic rings. The zero-order valence-electron chi connectivity index (χ0n) is 15.9. The van der Waals surface area contributed by atoms with E-state index in [1.54, 1.807) is 11.8 Å². The number of hydrogen-bond donors (Lipinski definition) is 1. The predicted molar refractivity (Wildman–Crippen MR) is 106 cm³/mol. The smallest absolute Gasteiger partial charge is 0.336 e. The molecule has 0 saturated carbocycles. The molecule has 0 unspecified atom stereocenters. The Morgan fingerprint density at radius 3 is 2.44 bits per heavy atom. The zero-order chi connectivity index (χ0) is 19.2. The molecule has 0 atom stereocenters. The summed E-state index contributed by atoms with van der Waals surface area (Å²) in [5.41, 5.74) is 3.74. The monoisotopic (exact) mass is 364 g/mol. The summed E-state index contributed by atoms with van der Waals surface area (Å²) < 4.78 is 6.96. The lowest BCUT2D eigenvalue weighted by atomic mass is 10.1. The van der Waals surface area contributed by atoms with Crippen molar-refractivity contribution >= 4 is 11.6 Å². The molecule has 140 valence electrons. The van der Waals surface area contributed by atoms with E-state index in [-0.39, 0.29) is 5.91 Å². The topological polar surface area (TPSA) is 69.0 Å². The second-order valence-corrected chi connectivity index (χ2v) is 6.40. The van der Waals surface area contributed by atoms with Gasteiger partial charge in [-0.05, 0) is 37.6 Å². The van der Waals surface area contributed by atoms with Gasteiger partial charge in [-0.2, -0.15) is 4.98 Å². The fourth-order valence-electron chi connectivity index (χ4n) is 2.70. The van der Waals surface area contributed by atoms with E-state index in [1.165, 1.54) is 5.56 Å². The van der Waals surface area contributed by atoms with Crippen LogP contribution in [0.5, 0.6) is 6.01 Å². The zero-order valence-corrected chi connectivity index (χ0v) is 15.9. The Morgan fingerprint density at radius 1 is 1.11 bits per heavy atom. The van der Waals surface area contributed by atoms with Crippen molar-refractivity contribution in [1.82, 2.24) is 14.8 Å². The molecule has 3 rings (SSSR count). The van der Waals surface area contributed by atoms with E-state index in [4.69, 9.17) is 4.74 Å². The van der Waals surface area contributed by atoms with Gasteiger partial charge in [0.05, 0.1) is 12.8 Å². The maximum atomic E-state index is 11.9. The van der Waals surface area contributed by atoms with Crippen molar-refractivity contribution < 1.29 is 9.53 Å². The van der Waals surface area contributed by atoms with Crippen LogP contribution in [-0.4, -0.2) is 27.8 Å². The van der Waals surface area contributed by atoms with Crippen molar-refractivity contribution in [3.63, 3.8) is 0 Å². The molecule has 27 heavy (non-hydrogen) atoms. The molecule has 0 fully saturated rings. The molecule has 0 bridgehead atoms. The summed E-state index contributed by atoms with van der Waals surface area (Å²) in [6.07, 6.45) is 2.43. The number of carbonyl (C=O) groups excluding carboxylic acids is 1. The molecule has 0 spiro atoms. The van der Waals surface area contributed by atoms with Gasteiger partial charge in [-0.15, -0.1) is 5.10 Å². The van der Waals surface area contributed by atoms with Gasteiger partial charge >= 0.3 is 6.01 Å². The number of methoxy groups -OCH3 is 1. The first-order valence-electron chi connectivity index (χ1n) is 9.09. The Hall–Kier alpha value is -3.15. The van der Waals surface area contributed by atoms with E-state index in [0.29, 0.717) is 18.3 Å². The van der Waals surface area contributed by atoms with Crippen molar-refractivity contribution in [2.75, 3.05) is 12.4 Å². The van der Waals surface area contributed by atoms with E-state index in [9.17, 15) is 4.79 Å². The van der Waals surface area contributed by atoms with Crippen LogP contribution in [0.4, 0.5) is 5.69 Å². The van der Waals surface area contributed by atoms with Gasteiger partial charge in [0.1, 0.15) is 0 Å². The van der Waals surface area contributed by atoms with Gasteiger partial charge in [-0.25, -0.2) is 4.68 Å². The van der Waals surface area contributed by atoms with Crippen molar-refractivity contribution in [3.05, 3.63) is 54.1 Å². The standard InChI is InChI=1S/C21H24N4O2/c1-4-5-6-19(26)22-17-11-13-18(14-12-17)25-20(23-21(24-25)27-3)16-9-7-15(2)8-10-16/h7-14H,4-6H2,1-3H3,(H,22,26). The summed E-state index contributed by atoms with van der Waals surface area (Å²) in [4.78, 5) is 16.3. The van der Waals surface area contributed by atoms with E-state index in [2.05, 4.69) is 22.3 Å². The molecule has 6 heteroatoms. The molecule has 0 saturated heterocycles. The average Bonchev–Trinajstić information content (AvgIpc) is 3.12. The maximum Gasteiger partial charge on any atom is 0.336 e. The molecule has 1 aromatic heterocycles. The SMILES string of the molecule is CCCCC(=O)Nc1ccc(-n2nc(OC)nc2-c2ccc(C)cc2)cc1. The number of anilines is 1. The van der Waals surface area contributed by atoms with Crippen LogP contribution in [-0.2, 0) is 4.79 Å². The van der Waals surface area contributed by atoms with Crippen LogP contribution in [0, 0.1) is 6.92 Å². The van der Waals surface area contributed by atoms with Gasteiger partial charge in [0, 0.05) is 17.7 Å². The van der Waals surface area contributed by atoms with Gasteiger partial charge < -0.3 is 10.1 Å². The van der Waals surface area contributed by atoms with Crippen molar-refractivity contribution in [2.24, 2.45) is 0 Å². The molecule has 6 nitrogen and oxygen atoms in total. The first kappa shape index (κ1) is 18.6. The molecule has 1 amide bonds. The minimum atomic E-state index is 0.0346. The number of carbonyl (C=O) groups is 1.